The Morgan fingerprint density at radius 2 is 1.90 bits per heavy atom. The molecule has 0 aliphatic carbocycles. The Labute approximate surface area is 134 Å². The van der Waals surface area contributed by atoms with E-state index in [0.717, 1.165) is 8.95 Å². The average molecular weight is 409 g/mol. The lowest BCUT2D eigenvalue weighted by Gasteiger charge is -2.14. The van der Waals surface area contributed by atoms with Gasteiger partial charge in [0, 0.05) is 28.2 Å². The summed E-state index contributed by atoms with van der Waals surface area (Å²) < 4.78 is 6.35. The molecule has 1 unspecified atom stereocenters. The molecule has 110 valence electrons. The minimum Gasteiger partial charge on any atom is -0.480 e. The highest BCUT2D eigenvalue weighted by atomic mass is 79.9. The second-order valence-corrected chi connectivity index (χ2v) is 5.99. The van der Waals surface area contributed by atoms with Gasteiger partial charge in [0.15, 0.2) is 0 Å². The molecule has 0 aliphatic heterocycles. The van der Waals surface area contributed by atoms with Crippen LogP contribution in [0.2, 0.25) is 0 Å². The van der Waals surface area contributed by atoms with Gasteiger partial charge in [-0.3, -0.25) is 4.79 Å². The van der Waals surface area contributed by atoms with E-state index in [9.17, 15) is 9.59 Å². The number of aliphatic carboxylic acids is 1. The molecule has 7 heteroatoms. The van der Waals surface area contributed by atoms with Crippen LogP contribution in [0.1, 0.15) is 23.2 Å². The predicted molar refractivity (Wildman–Crippen MR) is 81.8 cm³/mol. The SMILES string of the molecule is COCCCC(NC(=O)c1cc(Br)cc(Br)c1)C(=O)O. The van der Waals surface area contributed by atoms with Crippen LogP contribution in [0.25, 0.3) is 0 Å². The first-order valence-electron chi connectivity index (χ1n) is 5.92. The molecular formula is C13H15Br2NO4. The number of rotatable bonds is 7. The van der Waals surface area contributed by atoms with Crippen molar-refractivity contribution < 1.29 is 19.4 Å². The van der Waals surface area contributed by atoms with Crippen molar-refractivity contribution in [3.8, 4) is 0 Å². The number of amides is 1. The van der Waals surface area contributed by atoms with Gasteiger partial charge < -0.3 is 15.2 Å². The first-order chi connectivity index (χ1) is 9.43. The van der Waals surface area contributed by atoms with Crippen LogP contribution in [-0.4, -0.2) is 36.7 Å². The molecule has 0 radical (unpaired) electrons. The van der Waals surface area contributed by atoms with Gasteiger partial charge in [-0.1, -0.05) is 31.9 Å². The van der Waals surface area contributed by atoms with Gasteiger partial charge >= 0.3 is 5.97 Å². The van der Waals surface area contributed by atoms with Crippen LogP contribution in [-0.2, 0) is 9.53 Å². The predicted octanol–water partition coefficient (Wildman–Crippen LogP) is 2.82. The molecule has 1 aromatic carbocycles. The maximum atomic E-state index is 12.0. The molecule has 0 saturated heterocycles. The lowest BCUT2D eigenvalue weighted by atomic mass is 10.1. The fourth-order valence-electron chi connectivity index (χ4n) is 1.62. The number of halogens is 2. The number of hydrogen-bond donors (Lipinski definition) is 2. The van der Waals surface area contributed by atoms with Gasteiger partial charge in [0.1, 0.15) is 6.04 Å². The molecule has 1 aromatic rings. The van der Waals surface area contributed by atoms with E-state index in [1.807, 2.05) is 0 Å². The molecule has 1 amide bonds. The quantitative estimate of drug-likeness (QED) is 0.680. The normalized spacial score (nSPS) is 11.9. The van der Waals surface area contributed by atoms with Crippen molar-refractivity contribution >= 4 is 43.7 Å². The Bertz CT molecular complexity index is 473. The number of carboxylic acids is 1. The monoisotopic (exact) mass is 407 g/mol. The molecule has 0 heterocycles. The standard InChI is InChI=1S/C13H15Br2NO4/c1-20-4-2-3-11(13(18)19)16-12(17)8-5-9(14)7-10(15)6-8/h5-7,11H,2-4H2,1H3,(H,16,17)(H,18,19). The third-order valence-corrected chi connectivity index (χ3v) is 3.49. The molecule has 1 rings (SSSR count). The number of ether oxygens (including phenoxy) is 1. The van der Waals surface area contributed by atoms with E-state index in [-0.39, 0.29) is 0 Å². The fraction of sp³-hybridized carbons (Fsp3) is 0.385. The highest BCUT2D eigenvalue weighted by Crippen LogP contribution is 2.20. The van der Waals surface area contributed by atoms with Crippen LogP contribution in [0.5, 0.6) is 0 Å². The van der Waals surface area contributed by atoms with Gasteiger partial charge in [0.05, 0.1) is 0 Å². The van der Waals surface area contributed by atoms with Crippen molar-refractivity contribution in [1.29, 1.82) is 0 Å². The maximum absolute atomic E-state index is 12.0. The maximum Gasteiger partial charge on any atom is 0.326 e. The van der Waals surface area contributed by atoms with Crippen LogP contribution in [0.4, 0.5) is 0 Å². The Balaban J connectivity index is 2.72. The van der Waals surface area contributed by atoms with E-state index in [1.165, 1.54) is 0 Å². The van der Waals surface area contributed by atoms with E-state index in [1.54, 1.807) is 25.3 Å². The minimum absolute atomic E-state index is 0.323. The lowest BCUT2D eigenvalue weighted by Crippen LogP contribution is -2.40. The summed E-state index contributed by atoms with van der Waals surface area (Å²) in [6.07, 6.45) is 0.889. The number of hydrogen-bond acceptors (Lipinski definition) is 3. The van der Waals surface area contributed by atoms with Crippen LogP contribution in [0, 0.1) is 0 Å². The Kier molecular flexibility index (Phi) is 7.18. The summed E-state index contributed by atoms with van der Waals surface area (Å²) in [5.74, 6) is -1.47. The first-order valence-corrected chi connectivity index (χ1v) is 7.51. The van der Waals surface area contributed by atoms with Crippen molar-refractivity contribution in [2.75, 3.05) is 13.7 Å². The number of benzene rings is 1. The van der Waals surface area contributed by atoms with E-state index >= 15 is 0 Å². The summed E-state index contributed by atoms with van der Waals surface area (Å²) >= 11 is 6.57. The minimum atomic E-state index is -1.05. The van der Waals surface area contributed by atoms with Crippen molar-refractivity contribution in [2.45, 2.75) is 18.9 Å². The third kappa shape index (κ3) is 5.60. The average Bonchev–Trinajstić information content (AvgIpc) is 2.36. The van der Waals surface area contributed by atoms with Gasteiger partial charge in [0.25, 0.3) is 5.91 Å². The zero-order valence-electron chi connectivity index (χ0n) is 10.9. The molecular weight excluding hydrogens is 394 g/mol. The zero-order chi connectivity index (χ0) is 15.1. The smallest absolute Gasteiger partial charge is 0.326 e. The van der Waals surface area contributed by atoms with Gasteiger partial charge in [-0.25, -0.2) is 4.79 Å². The molecule has 5 nitrogen and oxygen atoms in total. The molecule has 0 saturated carbocycles. The van der Waals surface area contributed by atoms with Crippen molar-refractivity contribution in [3.63, 3.8) is 0 Å². The first kappa shape index (κ1) is 17.1. The molecule has 0 aliphatic rings. The van der Waals surface area contributed by atoms with Crippen molar-refractivity contribution in [1.82, 2.24) is 5.32 Å². The van der Waals surface area contributed by atoms with Crippen LogP contribution in [0.3, 0.4) is 0 Å². The molecule has 2 N–H and O–H groups in total. The van der Waals surface area contributed by atoms with Crippen molar-refractivity contribution in [3.05, 3.63) is 32.7 Å². The lowest BCUT2D eigenvalue weighted by molar-refractivity contribution is -0.139. The number of carbonyl (C=O) groups is 2. The third-order valence-electron chi connectivity index (χ3n) is 2.57. The fourth-order valence-corrected chi connectivity index (χ4v) is 2.91. The summed E-state index contributed by atoms with van der Waals surface area (Å²) in [6, 6.07) is 4.14. The number of carboxylic acid groups (broad SMARTS) is 1. The molecule has 0 fully saturated rings. The summed E-state index contributed by atoms with van der Waals surface area (Å²) in [5, 5.41) is 11.6. The highest BCUT2D eigenvalue weighted by molar-refractivity contribution is 9.11. The number of methoxy groups -OCH3 is 1. The topological polar surface area (TPSA) is 75.6 Å². The molecule has 20 heavy (non-hydrogen) atoms. The van der Waals surface area contributed by atoms with Gasteiger partial charge in [-0.05, 0) is 31.0 Å². The summed E-state index contributed by atoms with van der Waals surface area (Å²) in [7, 11) is 1.55. The van der Waals surface area contributed by atoms with Crippen molar-refractivity contribution in [2.24, 2.45) is 0 Å². The number of carbonyl (C=O) groups excluding carboxylic acids is 1. The Hall–Kier alpha value is -0.920. The highest BCUT2D eigenvalue weighted by Gasteiger charge is 2.20. The summed E-state index contributed by atoms with van der Waals surface area (Å²) in [4.78, 5) is 23.2. The second kappa shape index (κ2) is 8.39. The van der Waals surface area contributed by atoms with Crippen LogP contribution in [0.15, 0.2) is 27.1 Å². The van der Waals surface area contributed by atoms with Gasteiger partial charge in [0.2, 0.25) is 0 Å². The van der Waals surface area contributed by atoms with E-state index in [2.05, 4.69) is 37.2 Å². The molecule has 1 atom stereocenters. The Morgan fingerprint density at radius 3 is 2.40 bits per heavy atom. The second-order valence-electron chi connectivity index (χ2n) is 4.16. The molecule has 0 aromatic heterocycles. The molecule has 0 spiro atoms. The largest absolute Gasteiger partial charge is 0.480 e. The van der Waals surface area contributed by atoms with Gasteiger partial charge in [-0.2, -0.15) is 0 Å². The molecule has 0 bridgehead atoms. The zero-order valence-corrected chi connectivity index (χ0v) is 14.0. The van der Waals surface area contributed by atoms with E-state index in [4.69, 9.17) is 9.84 Å². The summed E-state index contributed by atoms with van der Waals surface area (Å²) in [5.41, 5.74) is 0.393. The summed E-state index contributed by atoms with van der Waals surface area (Å²) in [6.45, 7) is 0.460. The van der Waals surface area contributed by atoms with Gasteiger partial charge in [-0.15, -0.1) is 0 Å². The number of nitrogens with one attached hydrogen (secondary N) is 1. The van der Waals surface area contributed by atoms with E-state index in [0.29, 0.717) is 25.0 Å². The van der Waals surface area contributed by atoms with E-state index < -0.39 is 17.9 Å². The Morgan fingerprint density at radius 1 is 1.30 bits per heavy atom. The van der Waals surface area contributed by atoms with Crippen LogP contribution < -0.4 is 5.32 Å². The van der Waals surface area contributed by atoms with Crippen LogP contribution >= 0.6 is 31.9 Å².